The quantitative estimate of drug-likeness (QED) is 0.395. The van der Waals surface area contributed by atoms with E-state index in [4.69, 9.17) is 4.74 Å². The molecule has 1 aliphatic heterocycles. The summed E-state index contributed by atoms with van der Waals surface area (Å²) in [7, 11) is 0. The molecule has 0 saturated heterocycles. The van der Waals surface area contributed by atoms with Crippen LogP contribution in [0.3, 0.4) is 0 Å². The van der Waals surface area contributed by atoms with E-state index in [9.17, 15) is 14.7 Å². The minimum atomic E-state index is -0.581. The SMILES string of the molecule is CCCC(O)(CCC)CCc1cccc(COCCN2C(=O)c3ccccc3C2=O)c1. The molecule has 0 saturated carbocycles. The highest BCUT2D eigenvalue weighted by molar-refractivity contribution is 6.21. The average Bonchev–Trinajstić information content (AvgIpc) is 3.01. The van der Waals surface area contributed by atoms with Crippen LogP contribution in [0, 0.1) is 0 Å². The summed E-state index contributed by atoms with van der Waals surface area (Å²) in [6.07, 6.45) is 5.23. The molecule has 0 aromatic heterocycles. The Morgan fingerprint density at radius 3 is 2.10 bits per heavy atom. The summed E-state index contributed by atoms with van der Waals surface area (Å²) in [4.78, 5) is 26.0. The lowest BCUT2D eigenvalue weighted by Gasteiger charge is -2.27. The fourth-order valence-corrected chi connectivity index (χ4v) is 4.35. The molecule has 0 fully saturated rings. The van der Waals surface area contributed by atoms with Crippen molar-refractivity contribution in [2.45, 2.75) is 64.6 Å². The number of fused-ring (bicyclic) bond motifs is 1. The second kappa shape index (κ2) is 10.7. The van der Waals surface area contributed by atoms with Crippen molar-refractivity contribution >= 4 is 11.8 Å². The van der Waals surface area contributed by atoms with Gasteiger partial charge in [-0.2, -0.15) is 0 Å². The van der Waals surface area contributed by atoms with Crippen LogP contribution in [-0.4, -0.2) is 40.6 Å². The van der Waals surface area contributed by atoms with E-state index in [0.717, 1.165) is 44.1 Å². The molecule has 1 heterocycles. The lowest BCUT2D eigenvalue weighted by molar-refractivity contribution is 0.0132. The number of aryl methyl sites for hydroxylation is 1. The topological polar surface area (TPSA) is 66.8 Å². The number of nitrogens with zero attached hydrogens (tertiary/aromatic N) is 1. The predicted molar refractivity (Wildman–Crippen MR) is 121 cm³/mol. The van der Waals surface area contributed by atoms with E-state index in [2.05, 4.69) is 26.0 Å². The molecule has 3 rings (SSSR count). The van der Waals surface area contributed by atoms with Gasteiger partial charge in [-0.15, -0.1) is 0 Å². The van der Waals surface area contributed by atoms with Crippen molar-refractivity contribution in [1.29, 1.82) is 0 Å². The molecule has 1 N–H and O–H groups in total. The van der Waals surface area contributed by atoms with Crippen LogP contribution >= 0.6 is 0 Å². The van der Waals surface area contributed by atoms with Gasteiger partial charge >= 0.3 is 0 Å². The fraction of sp³-hybridized carbons (Fsp3) is 0.462. The van der Waals surface area contributed by atoms with E-state index >= 15 is 0 Å². The molecule has 5 heteroatoms. The van der Waals surface area contributed by atoms with Gasteiger partial charge in [0.1, 0.15) is 0 Å². The molecule has 1 aliphatic rings. The Morgan fingerprint density at radius 2 is 1.48 bits per heavy atom. The highest BCUT2D eigenvalue weighted by Crippen LogP contribution is 2.26. The predicted octanol–water partition coefficient (Wildman–Crippen LogP) is 4.76. The number of aliphatic hydroxyl groups is 1. The van der Waals surface area contributed by atoms with Crippen molar-refractivity contribution in [1.82, 2.24) is 4.90 Å². The lowest BCUT2D eigenvalue weighted by atomic mass is 9.86. The van der Waals surface area contributed by atoms with Gasteiger partial charge in [-0.1, -0.05) is 63.1 Å². The first-order chi connectivity index (χ1) is 15.0. The second-order valence-electron chi connectivity index (χ2n) is 8.40. The second-order valence-corrected chi connectivity index (χ2v) is 8.40. The van der Waals surface area contributed by atoms with Gasteiger partial charge in [0, 0.05) is 0 Å². The molecule has 0 spiro atoms. The van der Waals surface area contributed by atoms with E-state index in [1.807, 2.05) is 12.1 Å². The number of imide groups is 1. The number of rotatable bonds is 12. The highest BCUT2D eigenvalue weighted by atomic mass is 16.5. The fourth-order valence-electron chi connectivity index (χ4n) is 4.35. The first kappa shape index (κ1) is 23.2. The number of hydrogen-bond donors (Lipinski definition) is 1. The van der Waals surface area contributed by atoms with Crippen molar-refractivity contribution in [2.75, 3.05) is 13.2 Å². The standard InChI is InChI=1S/C26H33NO4/c1-3-13-26(30,14-4-2)15-12-20-8-7-9-21(18-20)19-31-17-16-27-24(28)22-10-5-6-11-23(22)25(27)29/h5-11,18,30H,3-4,12-17,19H2,1-2H3. The number of carbonyl (C=O) groups is 2. The van der Waals surface area contributed by atoms with Crippen molar-refractivity contribution < 1.29 is 19.4 Å². The molecule has 31 heavy (non-hydrogen) atoms. The van der Waals surface area contributed by atoms with Gasteiger partial charge in [-0.3, -0.25) is 14.5 Å². The molecule has 0 radical (unpaired) electrons. The number of carbonyl (C=O) groups excluding carboxylic acids is 2. The molecule has 0 atom stereocenters. The molecule has 0 aliphatic carbocycles. The molecule has 166 valence electrons. The Morgan fingerprint density at radius 1 is 0.871 bits per heavy atom. The summed E-state index contributed by atoms with van der Waals surface area (Å²) in [6, 6.07) is 15.1. The molecular formula is C26H33NO4. The first-order valence-electron chi connectivity index (χ1n) is 11.3. The summed E-state index contributed by atoms with van der Waals surface area (Å²) in [5.41, 5.74) is 2.58. The number of hydrogen-bond acceptors (Lipinski definition) is 4. The van der Waals surface area contributed by atoms with E-state index in [1.54, 1.807) is 24.3 Å². The van der Waals surface area contributed by atoms with E-state index in [0.29, 0.717) is 24.3 Å². The third kappa shape index (κ3) is 5.81. The van der Waals surface area contributed by atoms with Crippen LogP contribution in [0.25, 0.3) is 0 Å². The third-order valence-corrected chi connectivity index (χ3v) is 5.91. The van der Waals surface area contributed by atoms with Crippen LogP contribution in [0.15, 0.2) is 48.5 Å². The minimum absolute atomic E-state index is 0.243. The van der Waals surface area contributed by atoms with Gasteiger partial charge < -0.3 is 9.84 Å². The third-order valence-electron chi connectivity index (χ3n) is 5.91. The van der Waals surface area contributed by atoms with E-state index < -0.39 is 5.60 Å². The van der Waals surface area contributed by atoms with Crippen LogP contribution < -0.4 is 0 Å². The normalized spacial score (nSPS) is 13.7. The Labute approximate surface area is 185 Å². The smallest absolute Gasteiger partial charge is 0.261 e. The first-order valence-corrected chi connectivity index (χ1v) is 11.3. The van der Waals surface area contributed by atoms with E-state index in [1.165, 1.54) is 10.5 Å². The average molecular weight is 424 g/mol. The summed E-state index contributed by atoms with van der Waals surface area (Å²) in [6.45, 7) is 5.18. The zero-order valence-electron chi connectivity index (χ0n) is 18.6. The molecule has 0 unspecified atom stereocenters. The number of ether oxygens (including phenoxy) is 1. The van der Waals surface area contributed by atoms with Crippen LogP contribution in [0.1, 0.15) is 77.8 Å². The molecule has 2 amide bonds. The number of amides is 2. The van der Waals surface area contributed by atoms with Gasteiger partial charge in [-0.05, 0) is 48.9 Å². The Hall–Kier alpha value is -2.50. The maximum absolute atomic E-state index is 12.4. The summed E-state index contributed by atoms with van der Waals surface area (Å²) >= 11 is 0. The maximum Gasteiger partial charge on any atom is 0.261 e. The minimum Gasteiger partial charge on any atom is -0.390 e. The van der Waals surface area contributed by atoms with Gasteiger partial charge in [0.2, 0.25) is 0 Å². The van der Waals surface area contributed by atoms with Gasteiger partial charge in [-0.25, -0.2) is 0 Å². The molecule has 0 bridgehead atoms. The summed E-state index contributed by atoms with van der Waals surface area (Å²) < 4.78 is 5.76. The molecule has 2 aromatic carbocycles. The molecular weight excluding hydrogens is 390 g/mol. The Kier molecular flexibility index (Phi) is 7.99. The Bertz CT molecular complexity index is 867. The summed E-state index contributed by atoms with van der Waals surface area (Å²) in [5.74, 6) is -0.504. The highest BCUT2D eigenvalue weighted by Gasteiger charge is 2.34. The van der Waals surface area contributed by atoms with Crippen molar-refractivity contribution in [3.8, 4) is 0 Å². The lowest BCUT2D eigenvalue weighted by Crippen LogP contribution is -2.33. The molecule has 5 nitrogen and oxygen atoms in total. The maximum atomic E-state index is 12.4. The van der Waals surface area contributed by atoms with Crippen LogP contribution in [-0.2, 0) is 17.8 Å². The zero-order valence-corrected chi connectivity index (χ0v) is 18.6. The van der Waals surface area contributed by atoms with Crippen molar-refractivity contribution in [3.63, 3.8) is 0 Å². The summed E-state index contributed by atoms with van der Waals surface area (Å²) in [5, 5.41) is 10.8. The van der Waals surface area contributed by atoms with Gasteiger partial charge in [0.25, 0.3) is 11.8 Å². The zero-order chi connectivity index (χ0) is 22.3. The van der Waals surface area contributed by atoms with Crippen LogP contribution in [0.5, 0.6) is 0 Å². The molecule has 2 aromatic rings. The largest absolute Gasteiger partial charge is 0.390 e. The van der Waals surface area contributed by atoms with Crippen molar-refractivity contribution in [3.05, 3.63) is 70.8 Å². The van der Waals surface area contributed by atoms with Gasteiger partial charge in [0.15, 0.2) is 0 Å². The monoisotopic (exact) mass is 423 g/mol. The number of benzene rings is 2. The van der Waals surface area contributed by atoms with Crippen LogP contribution in [0.4, 0.5) is 0 Å². The van der Waals surface area contributed by atoms with Crippen molar-refractivity contribution in [2.24, 2.45) is 0 Å². The van der Waals surface area contributed by atoms with Crippen LogP contribution in [0.2, 0.25) is 0 Å². The Balaban J connectivity index is 1.48. The van der Waals surface area contributed by atoms with Gasteiger partial charge in [0.05, 0.1) is 36.5 Å². The van der Waals surface area contributed by atoms with E-state index in [-0.39, 0.29) is 18.4 Å².